The standard InChI is InChI=1S/C25H28Cl2N2O2S/c1-17(2)18-5-3-4-6-20(18)32-21-8-7-19(22(26)23(21)27)25(9-10-25)24(31)29-13-11-28(12-14-29)15-16-30/h3-8,16-17H,9-15H2,1-2H3. The highest BCUT2D eigenvalue weighted by atomic mass is 35.5. The topological polar surface area (TPSA) is 40.6 Å². The van der Waals surface area contributed by atoms with Gasteiger partial charge < -0.3 is 9.69 Å². The summed E-state index contributed by atoms with van der Waals surface area (Å²) in [4.78, 5) is 30.2. The molecule has 7 heteroatoms. The van der Waals surface area contributed by atoms with E-state index in [0.29, 0.717) is 35.6 Å². The van der Waals surface area contributed by atoms with Crippen molar-refractivity contribution in [2.45, 2.75) is 47.8 Å². The molecule has 0 N–H and O–H groups in total. The minimum absolute atomic E-state index is 0.131. The Kier molecular flexibility index (Phi) is 7.21. The van der Waals surface area contributed by atoms with E-state index in [0.717, 1.165) is 42.7 Å². The van der Waals surface area contributed by atoms with Gasteiger partial charge in [0.2, 0.25) is 5.91 Å². The average molecular weight is 491 g/mol. The molecule has 4 nitrogen and oxygen atoms in total. The number of hydrogen-bond donors (Lipinski definition) is 0. The summed E-state index contributed by atoms with van der Waals surface area (Å²) < 4.78 is 0. The van der Waals surface area contributed by atoms with Gasteiger partial charge in [0, 0.05) is 36.0 Å². The molecule has 0 spiro atoms. The van der Waals surface area contributed by atoms with Crippen LogP contribution in [-0.2, 0) is 15.0 Å². The molecule has 1 aliphatic heterocycles. The number of carbonyl (C=O) groups is 2. The molecule has 4 rings (SSSR count). The number of halogens is 2. The summed E-state index contributed by atoms with van der Waals surface area (Å²) in [5, 5.41) is 1.01. The van der Waals surface area contributed by atoms with Crippen LogP contribution in [0.1, 0.15) is 43.7 Å². The number of rotatable bonds is 7. The van der Waals surface area contributed by atoms with Crippen LogP contribution >= 0.6 is 35.0 Å². The molecular formula is C25H28Cl2N2O2S. The molecule has 1 heterocycles. The lowest BCUT2D eigenvalue weighted by molar-refractivity contribution is -0.135. The molecule has 0 unspecified atom stereocenters. The second-order valence-corrected chi connectivity index (χ2v) is 10.7. The van der Waals surface area contributed by atoms with Crippen molar-refractivity contribution >= 4 is 47.2 Å². The molecule has 1 saturated heterocycles. The van der Waals surface area contributed by atoms with Crippen LogP contribution in [0.25, 0.3) is 0 Å². The van der Waals surface area contributed by atoms with Gasteiger partial charge in [0.15, 0.2) is 0 Å². The number of benzene rings is 2. The quantitative estimate of drug-likeness (QED) is 0.470. The lowest BCUT2D eigenvalue weighted by Crippen LogP contribution is -2.51. The van der Waals surface area contributed by atoms with Crippen LogP contribution in [0, 0.1) is 0 Å². The van der Waals surface area contributed by atoms with Crippen LogP contribution in [0.15, 0.2) is 46.2 Å². The zero-order valence-electron chi connectivity index (χ0n) is 18.4. The summed E-state index contributed by atoms with van der Waals surface area (Å²) in [6.07, 6.45) is 2.50. The number of piperazine rings is 1. The molecule has 2 aliphatic rings. The summed E-state index contributed by atoms with van der Waals surface area (Å²) in [6, 6.07) is 12.3. The third kappa shape index (κ3) is 4.58. The van der Waals surface area contributed by atoms with Gasteiger partial charge in [-0.25, -0.2) is 0 Å². The summed E-state index contributed by atoms with van der Waals surface area (Å²) in [7, 11) is 0. The van der Waals surface area contributed by atoms with Crippen LogP contribution in [0.5, 0.6) is 0 Å². The molecule has 0 radical (unpaired) electrons. The van der Waals surface area contributed by atoms with E-state index >= 15 is 0 Å². The lowest BCUT2D eigenvalue weighted by atomic mass is 9.93. The fourth-order valence-electron chi connectivity index (χ4n) is 4.41. The van der Waals surface area contributed by atoms with Crippen molar-refractivity contribution in [3.63, 3.8) is 0 Å². The predicted octanol–water partition coefficient (Wildman–Crippen LogP) is 5.64. The Labute approximate surface area is 204 Å². The van der Waals surface area contributed by atoms with Crippen LogP contribution in [0.2, 0.25) is 10.0 Å². The first-order chi connectivity index (χ1) is 15.4. The van der Waals surface area contributed by atoms with Gasteiger partial charge in [-0.15, -0.1) is 0 Å². The number of nitrogens with zero attached hydrogens (tertiary/aromatic N) is 2. The van der Waals surface area contributed by atoms with E-state index in [9.17, 15) is 9.59 Å². The van der Waals surface area contributed by atoms with E-state index in [1.165, 1.54) is 10.5 Å². The zero-order chi connectivity index (χ0) is 22.9. The van der Waals surface area contributed by atoms with Gasteiger partial charge in [0.25, 0.3) is 0 Å². The fourth-order valence-corrected chi connectivity index (χ4v) is 6.23. The largest absolute Gasteiger partial charge is 0.339 e. The van der Waals surface area contributed by atoms with E-state index in [4.69, 9.17) is 23.2 Å². The lowest BCUT2D eigenvalue weighted by Gasteiger charge is -2.36. The number of carbonyl (C=O) groups excluding carboxylic acids is 2. The van der Waals surface area contributed by atoms with Crippen LogP contribution in [-0.4, -0.2) is 54.7 Å². The third-order valence-corrected chi connectivity index (χ3v) is 8.62. The van der Waals surface area contributed by atoms with Gasteiger partial charge in [0.05, 0.1) is 22.0 Å². The molecule has 1 amide bonds. The highest BCUT2D eigenvalue weighted by molar-refractivity contribution is 7.99. The monoisotopic (exact) mass is 490 g/mol. The van der Waals surface area contributed by atoms with Crippen LogP contribution in [0.4, 0.5) is 0 Å². The Morgan fingerprint density at radius 2 is 1.72 bits per heavy atom. The van der Waals surface area contributed by atoms with Crippen molar-refractivity contribution in [3.8, 4) is 0 Å². The van der Waals surface area contributed by atoms with Crippen molar-refractivity contribution in [2.75, 3.05) is 32.7 Å². The van der Waals surface area contributed by atoms with Gasteiger partial charge >= 0.3 is 0 Å². The van der Waals surface area contributed by atoms with Crippen LogP contribution < -0.4 is 0 Å². The number of amides is 1. The van der Waals surface area contributed by atoms with E-state index in [-0.39, 0.29) is 5.91 Å². The predicted molar refractivity (Wildman–Crippen MR) is 131 cm³/mol. The normalized spacial score (nSPS) is 18.1. The SMILES string of the molecule is CC(C)c1ccccc1Sc1ccc(C2(C(=O)N3CCN(CC=O)CC3)CC2)c(Cl)c1Cl. The molecule has 1 aliphatic carbocycles. The Morgan fingerprint density at radius 3 is 2.34 bits per heavy atom. The van der Waals surface area contributed by atoms with Crippen LogP contribution in [0.3, 0.4) is 0 Å². The van der Waals surface area contributed by atoms with E-state index < -0.39 is 5.41 Å². The highest BCUT2D eigenvalue weighted by Gasteiger charge is 2.54. The first kappa shape index (κ1) is 23.6. The maximum Gasteiger partial charge on any atom is 0.233 e. The molecule has 170 valence electrons. The zero-order valence-corrected chi connectivity index (χ0v) is 20.8. The van der Waals surface area contributed by atoms with E-state index in [1.807, 2.05) is 23.1 Å². The molecule has 2 fully saturated rings. The highest BCUT2D eigenvalue weighted by Crippen LogP contribution is 2.54. The van der Waals surface area contributed by atoms with Crippen molar-refractivity contribution in [1.82, 2.24) is 9.80 Å². The number of aldehydes is 1. The van der Waals surface area contributed by atoms with E-state index in [2.05, 4.69) is 36.9 Å². The first-order valence-electron chi connectivity index (χ1n) is 11.1. The molecule has 2 aromatic rings. The molecule has 0 aromatic heterocycles. The second-order valence-electron chi connectivity index (χ2n) is 8.88. The van der Waals surface area contributed by atoms with Crippen molar-refractivity contribution in [2.24, 2.45) is 0 Å². The Balaban J connectivity index is 1.55. The second kappa shape index (κ2) is 9.76. The van der Waals surface area contributed by atoms with Gasteiger partial charge in [0.1, 0.15) is 6.29 Å². The minimum atomic E-state index is -0.563. The molecule has 0 bridgehead atoms. The summed E-state index contributed by atoms with van der Waals surface area (Å²) in [5.74, 6) is 0.540. The third-order valence-electron chi connectivity index (χ3n) is 6.48. The summed E-state index contributed by atoms with van der Waals surface area (Å²) in [6.45, 7) is 7.50. The van der Waals surface area contributed by atoms with Gasteiger partial charge in [-0.3, -0.25) is 9.69 Å². The van der Waals surface area contributed by atoms with Crippen molar-refractivity contribution in [1.29, 1.82) is 0 Å². The number of hydrogen-bond acceptors (Lipinski definition) is 4. The maximum atomic E-state index is 13.4. The molecule has 32 heavy (non-hydrogen) atoms. The summed E-state index contributed by atoms with van der Waals surface area (Å²) >= 11 is 15.1. The minimum Gasteiger partial charge on any atom is -0.339 e. The fraction of sp³-hybridized carbons (Fsp3) is 0.440. The first-order valence-corrected chi connectivity index (χ1v) is 12.6. The summed E-state index contributed by atoms with van der Waals surface area (Å²) in [5.41, 5.74) is 1.55. The van der Waals surface area contributed by atoms with Crippen molar-refractivity contribution in [3.05, 3.63) is 57.6 Å². The molecule has 1 saturated carbocycles. The van der Waals surface area contributed by atoms with Gasteiger partial charge in [-0.1, -0.05) is 73.1 Å². The Hall–Kier alpha value is -1.53. The van der Waals surface area contributed by atoms with Gasteiger partial charge in [-0.05, 0) is 42.0 Å². The smallest absolute Gasteiger partial charge is 0.233 e. The molecule has 0 atom stereocenters. The van der Waals surface area contributed by atoms with Gasteiger partial charge in [-0.2, -0.15) is 0 Å². The van der Waals surface area contributed by atoms with E-state index in [1.54, 1.807) is 11.8 Å². The maximum absolute atomic E-state index is 13.4. The average Bonchev–Trinajstić information content (AvgIpc) is 3.59. The van der Waals surface area contributed by atoms with Crippen molar-refractivity contribution < 1.29 is 9.59 Å². The molecular weight excluding hydrogens is 463 g/mol. The Bertz CT molecular complexity index is 1010. The molecule has 2 aromatic carbocycles. The Morgan fingerprint density at radius 1 is 1.03 bits per heavy atom.